The van der Waals surface area contributed by atoms with E-state index in [1.165, 1.54) is 11.3 Å². The van der Waals surface area contributed by atoms with Gasteiger partial charge in [-0.2, -0.15) is 0 Å². The zero-order valence-corrected chi connectivity index (χ0v) is 10.8. The molecular formula is C9H14BrN3OS. The Bertz CT molecular complexity index is 325. The van der Waals surface area contributed by atoms with Crippen molar-refractivity contribution in [2.45, 2.75) is 37.7 Å². The van der Waals surface area contributed by atoms with E-state index < -0.39 is 5.60 Å². The Morgan fingerprint density at radius 1 is 1.40 bits per heavy atom. The maximum atomic E-state index is 10.1. The van der Waals surface area contributed by atoms with Gasteiger partial charge in [-0.1, -0.05) is 24.2 Å². The summed E-state index contributed by atoms with van der Waals surface area (Å²) >= 11 is 4.73. The standard InChI is InChI=1S/C9H14BrN3OS/c10-7-12-13-8(15-7)11-6-5-9(14)3-1-2-4-9/h14H,1-6H2,(H,11,13). The number of aromatic nitrogens is 2. The third-order valence-corrected chi connectivity index (χ3v) is 4.11. The van der Waals surface area contributed by atoms with Crippen LogP contribution in [0.15, 0.2) is 3.92 Å². The Morgan fingerprint density at radius 3 is 2.73 bits per heavy atom. The molecule has 0 bridgehead atoms. The Kier molecular flexibility index (Phi) is 3.58. The summed E-state index contributed by atoms with van der Waals surface area (Å²) in [6.45, 7) is 0.762. The van der Waals surface area contributed by atoms with E-state index in [2.05, 4.69) is 31.4 Å². The van der Waals surface area contributed by atoms with E-state index in [4.69, 9.17) is 0 Å². The zero-order chi connectivity index (χ0) is 10.7. The Labute approximate surface area is 101 Å². The summed E-state index contributed by atoms with van der Waals surface area (Å²) in [7, 11) is 0. The molecule has 0 aliphatic heterocycles. The zero-order valence-electron chi connectivity index (χ0n) is 8.37. The highest BCUT2D eigenvalue weighted by molar-refractivity contribution is 9.11. The van der Waals surface area contributed by atoms with Crippen molar-refractivity contribution in [2.75, 3.05) is 11.9 Å². The quantitative estimate of drug-likeness (QED) is 0.894. The van der Waals surface area contributed by atoms with Gasteiger partial charge in [-0.25, -0.2) is 0 Å². The van der Waals surface area contributed by atoms with Crippen molar-refractivity contribution in [3.63, 3.8) is 0 Å². The molecule has 1 fully saturated rings. The molecule has 4 nitrogen and oxygen atoms in total. The van der Waals surface area contributed by atoms with Gasteiger partial charge in [0.25, 0.3) is 0 Å². The fourth-order valence-corrected chi connectivity index (χ4v) is 3.00. The summed E-state index contributed by atoms with van der Waals surface area (Å²) in [4.78, 5) is 0. The molecule has 0 saturated heterocycles. The second-order valence-corrected chi connectivity index (χ2v) is 6.22. The summed E-state index contributed by atoms with van der Waals surface area (Å²) in [5.74, 6) is 0. The van der Waals surface area contributed by atoms with E-state index in [1.54, 1.807) is 0 Å². The molecule has 0 unspecified atom stereocenters. The predicted octanol–water partition coefficient (Wildman–Crippen LogP) is 2.41. The first kappa shape index (κ1) is 11.3. The normalized spacial score (nSPS) is 19.3. The number of nitrogens with zero attached hydrogens (tertiary/aromatic N) is 2. The van der Waals surface area contributed by atoms with E-state index in [0.717, 1.165) is 47.7 Å². The number of hydrogen-bond acceptors (Lipinski definition) is 5. The molecule has 2 N–H and O–H groups in total. The fraction of sp³-hybridized carbons (Fsp3) is 0.778. The average molecular weight is 292 g/mol. The van der Waals surface area contributed by atoms with Gasteiger partial charge in [0.2, 0.25) is 5.13 Å². The Balaban J connectivity index is 1.75. The van der Waals surface area contributed by atoms with Crippen molar-refractivity contribution in [2.24, 2.45) is 0 Å². The molecule has 0 spiro atoms. The van der Waals surface area contributed by atoms with Gasteiger partial charge in [-0.15, -0.1) is 10.2 Å². The van der Waals surface area contributed by atoms with Crippen molar-refractivity contribution in [1.82, 2.24) is 10.2 Å². The molecule has 1 aromatic rings. The third-order valence-electron chi connectivity index (χ3n) is 2.80. The molecule has 0 amide bonds. The highest BCUT2D eigenvalue weighted by Crippen LogP contribution is 2.32. The third kappa shape index (κ3) is 3.12. The van der Waals surface area contributed by atoms with Crippen LogP contribution in [0.5, 0.6) is 0 Å². The topological polar surface area (TPSA) is 58.0 Å². The van der Waals surface area contributed by atoms with Crippen LogP contribution in [0.25, 0.3) is 0 Å². The minimum atomic E-state index is -0.436. The van der Waals surface area contributed by atoms with Crippen LogP contribution in [-0.2, 0) is 0 Å². The first-order valence-corrected chi connectivity index (χ1v) is 6.74. The predicted molar refractivity (Wildman–Crippen MR) is 64.1 cm³/mol. The molecule has 15 heavy (non-hydrogen) atoms. The molecule has 0 aromatic carbocycles. The maximum absolute atomic E-state index is 10.1. The monoisotopic (exact) mass is 291 g/mol. The number of rotatable bonds is 4. The van der Waals surface area contributed by atoms with Crippen LogP contribution in [0.2, 0.25) is 0 Å². The Hall–Kier alpha value is -0.200. The van der Waals surface area contributed by atoms with Gasteiger partial charge in [0.15, 0.2) is 3.92 Å². The number of hydrogen-bond donors (Lipinski definition) is 2. The van der Waals surface area contributed by atoms with Gasteiger partial charge in [-0.3, -0.25) is 0 Å². The van der Waals surface area contributed by atoms with Gasteiger partial charge in [0.05, 0.1) is 5.60 Å². The van der Waals surface area contributed by atoms with Crippen LogP contribution in [0.4, 0.5) is 5.13 Å². The van der Waals surface area contributed by atoms with Crippen LogP contribution in [0.1, 0.15) is 32.1 Å². The lowest BCUT2D eigenvalue weighted by atomic mass is 9.98. The Morgan fingerprint density at radius 2 is 2.13 bits per heavy atom. The van der Waals surface area contributed by atoms with E-state index in [1.807, 2.05) is 0 Å². The van der Waals surface area contributed by atoms with E-state index >= 15 is 0 Å². The van der Waals surface area contributed by atoms with Gasteiger partial charge in [0, 0.05) is 6.54 Å². The number of aliphatic hydroxyl groups is 1. The van der Waals surface area contributed by atoms with Crippen LogP contribution in [-0.4, -0.2) is 27.4 Å². The fourth-order valence-electron chi connectivity index (χ4n) is 1.96. The highest BCUT2D eigenvalue weighted by Gasteiger charge is 2.30. The van der Waals surface area contributed by atoms with Crippen LogP contribution < -0.4 is 5.32 Å². The molecular weight excluding hydrogens is 278 g/mol. The molecule has 1 heterocycles. The summed E-state index contributed by atoms with van der Waals surface area (Å²) in [5.41, 5.74) is -0.436. The molecule has 1 aliphatic rings. The summed E-state index contributed by atoms with van der Waals surface area (Å²) < 4.78 is 0.782. The highest BCUT2D eigenvalue weighted by atomic mass is 79.9. The van der Waals surface area contributed by atoms with E-state index in [0.29, 0.717) is 0 Å². The summed E-state index contributed by atoms with van der Waals surface area (Å²) in [5, 5.41) is 21.8. The molecule has 1 aliphatic carbocycles. The molecule has 84 valence electrons. The van der Waals surface area contributed by atoms with Crippen molar-refractivity contribution in [3.05, 3.63) is 3.92 Å². The molecule has 0 radical (unpaired) electrons. The van der Waals surface area contributed by atoms with Gasteiger partial charge < -0.3 is 10.4 Å². The molecule has 1 aromatic heterocycles. The minimum Gasteiger partial charge on any atom is -0.390 e. The SMILES string of the molecule is OC1(CCNc2nnc(Br)s2)CCCC1. The largest absolute Gasteiger partial charge is 0.390 e. The first-order chi connectivity index (χ1) is 7.18. The van der Waals surface area contributed by atoms with Crippen molar-refractivity contribution in [3.8, 4) is 0 Å². The summed E-state index contributed by atoms with van der Waals surface area (Å²) in [6.07, 6.45) is 4.98. The average Bonchev–Trinajstić information content (AvgIpc) is 2.76. The lowest BCUT2D eigenvalue weighted by molar-refractivity contribution is 0.0424. The maximum Gasteiger partial charge on any atom is 0.206 e. The molecule has 2 rings (SSSR count). The minimum absolute atomic E-state index is 0.436. The van der Waals surface area contributed by atoms with Crippen molar-refractivity contribution < 1.29 is 5.11 Å². The summed E-state index contributed by atoms with van der Waals surface area (Å²) in [6, 6.07) is 0. The van der Waals surface area contributed by atoms with E-state index in [9.17, 15) is 5.11 Å². The molecule has 6 heteroatoms. The number of halogens is 1. The second-order valence-electron chi connectivity index (χ2n) is 3.97. The van der Waals surface area contributed by atoms with Crippen molar-refractivity contribution in [1.29, 1.82) is 0 Å². The lowest BCUT2D eigenvalue weighted by Crippen LogP contribution is -2.27. The van der Waals surface area contributed by atoms with Crippen LogP contribution in [0, 0.1) is 0 Å². The first-order valence-electron chi connectivity index (χ1n) is 5.13. The smallest absolute Gasteiger partial charge is 0.206 e. The van der Waals surface area contributed by atoms with Gasteiger partial charge >= 0.3 is 0 Å². The molecule has 1 saturated carbocycles. The number of anilines is 1. The lowest BCUT2D eigenvalue weighted by Gasteiger charge is -2.21. The van der Waals surface area contributed by atoms with Crippen molar-refractivity contribution >= 4 is 32.4 Å². The second kappa shape index (κ2) is 4.76. The van der Waals surface area contributed by atoms with Crippen LogP contribution >= 0.6 is 27.3 Å². The van der Waals surface area contributed by atoms with Crippen LogP contribution in [0.3, 0.4) is 0 Å². The van der Waals surface area contributed by atoms with Gasteiger partial charge in [-0.05, 0) is 35.2 Å². The number of nitrogens with one attached hydrogen (secondary N) is 1. The molecule has 0 atom stereocenters. The van der Waals surface area contributed by atoms with E-state index in [-0.39, 0.29) is 0 Å². The van der Waals surface area contributed by atoms with Gasteiger partial charge in [0.1, 0.15) is 0 Å².